The van der Waals surface area contributed by atoms with E-state index in [1.54, 1.807) is 30.4 Å². The van der Waals surface area contributed by atoms with E-state index in [2.05, 4.69) is 24.5 Å². The number of rotatable bonds is 6. The molecule has 1 aliphatic carbocycles. The number of nitrogens with zero attached hydrogens (tertiary/aromatic N) is 1. The van der Waals surface area contributed by atoms with Gasteiger partial charge < -0.3 is 20.3 Å². The quantitative estimate of drug-likeness (QED) is 0.476. The van der Waals surface area contributed by atoms with E-state index >= 15 is 0 Å². The zero-order valence-corrected chi connectivity index (χ0v) is 23.5. The van der Waals surface area contributed by atoms with Gasteiger partial charge in [0.05, 0.1) is 23.0 Å². The molecule has 6 rings (SSSR count). The summed E-state index contributed by atoms with van der Waals surface area (Å²) in [5.41, 5.74) is -0.857. The Morgan fingerprint density at radius 2 is 1.88 bits per heavy atom. The van der Waals surface area contributed by atoms with Crippen molar-refractivity contribution >= 4 is 35.0 Å². The minimum Gasteiger partial charge on any atom is -0.359 e. The maximum Gasteiger partial charge on any atom is 0.246 e. The standard InChI is InChI=1S/C31H32ClF2N3O4/c1-16-6-5-9-23(17(16)2)36-29(39)27-31-13-12-24(41-31)25(28(38)35-19-10-11-22(34)20(32)14-19)26(31)30(40)37(27)15-18-7-3-4-8-21(18)33/h3-4,7-8,10-14,16-17,23-27H,5-6,9,15H2,1-2H3,(H,35,38)(H,36,39)/t16-,17+,23+,24-,25+,26-,27+,31+/m1/s1. The molecular formula is C31H32ClF2N3O4. The van der Waals surface area contributed by atoms with Crippen LogP contribution in [0.15, 0.2) is 54.6 Å². The maximum atomic E-state index is 14.8. The summed E-state index contributed by atoms with van der Waals surface area (Å²) in [5.74, 6) is -3.73. The van der Waals surface area contributed by atoms with Crippen LogP contribution < -0.4 is 10.6 Å². The fourth-order valence-electron chi connectivity index (χ4n) is 7.09. The van der Waals surface area contributed by atoms with Gasteiger partial charge in [0.1, 0.15) is 23.3 Å². The van der Waals surface area contributed by atoms with Gasteiger partial charge in [-0.2, -0.15) is 0 Å². The lowest BCUT2D eigenvalue weighted by atomic mass is 9.73. The number of carbonyl (C=O) groups excluding carboxylic acids is 3. The van der Waals surface area contributed by atoms with Crippen LogP contribution >= 0.6 is 11.6 Å². The number of amides is 3. The Kier molecular flexibility index (Phi) is 7.14. The molecule has 0 unspecified atom stereocenters. The van der Waals surface area contributed by atoms with Crippen LogP contribution in [0, 0.1) is 35.3 Å². The van der Waals surface area contributed by atoms with E-state index in [0.29, 0.717) is 5.92 Å². The molecule has 2 aromatic carbocycles. The van der Waals surface area contributed by atoms with Gasteiger partial charge in [-0.15, -0.1) is 0 Å². The highest BCUT2D eigenvalue weighted by atomic mass is 35.5. The summed E-state index contributed by atoms with van der Waals surface area (Å²) < 4.78 is 34.8. The molecule has 1 spiro atoms. The van der Waals surface area contributed by atoms with Gasteiger partial charge in [-0.05, 0) is 42.5 Å². The highest BCUT2D eigenvalue weighted by Gasteiger charge is 2.72. The summed E-state index contributed by atoms with van der Waals surface area (Å²) in [7, 11) is 0. The van der Waals surface area contributed by atoms with E-state index in [-0.39, 0.29) is 40.7 Å². The van der Waals surface area contributed by atoms with Crippen molar-refractivity contribution in [3.05, 3.63) is 76.8 Å². The molecule has 41 heavy (non-hydrogen) atoms. The zero-order chi connectivity index (χ0) is 29.1. The Bertz CT molecular complexity index is 1440. The Labute approximate surface area is 242 Å². The van der Waals surface area contributed by atoms with E-state index < -0.39 is 53.0 Å². The number of hydrogen-bond acceptors (Lipinski definition) is 4. The summed E-state index contributed by atoms with van der Waals surface area (Å²) in [6.07, 6.45) is 5.60. The lowest BCUT2D eigenvalue weighted by Gasteiger charge is -2.38. The van der Waals surface area contributed by atoms with Gasteiger partial charge in [-0.25, -0.2) is 8.78 Å². The van der Waals surface area contributed by atoms with Gasteiger partial charge in [-0.3, -0.25) is 14.4 Å². The average molecular weight is 584 g/mol. The second-order valence-electron chi connectivity index (χ2n) is 11.8. The topological polar surface area (TPSA) is 87.7 Å². The van der Waals surface area contributed by atoms with Crippen LogP contribution in [0.5, 0.6) is 0 Å². The zero-order valence-electron chi connectivity index (χ0n) is 22.8. The molecule has 0 radical (unpaired) electrons. The van der Waals surface area contributed by atoms with Crippen LogP contribution in [0.3, 0.4) is 0 Å². The molecule has 3 fully saturated rings. The largest absolute Gasteiger partial charge is 0.359 e. The van der Waals surface area contributed by atoms with Gasteiger partial charge >= 0.3 is 0 Å². The second-order valence-corrected chi connectivity index (χ2v) is 12.2. The molecule has 3 heterocycles. The summed E-state index contributed by atoms with van der Waals surface area (Å²) in [4.78, 5) is 43.2. The first-order valence-corrected chi connectivity index (χ1v) is 14.5. The molecule has 10 heteroatoms. The minimum atomic E-state index is -1.39. The molecule has 1 saturated carbocycles. The number of carbonyl (C=O) groups is 3. The number of fused-ring (bicyclic) bond motifs is 1. The van der Waals surface area contributed by atoms with Crippen LogP contribution in [0.2, 0.25) is 5.02 Å². The van der Waals surface area contributed by atoms with Gasteiger partial charge in [-0.1, -0.05) is 68.6 Å². The van der Waals surface area contributed by atoms with Gasteiger partial charge in [0, 0.05) is 23.8 Å². The predicted molar refractivity (Wildman–Crippen MR) is 149 cm³/mol. The van der Waals surface area contributed by atoms with E-state index in [1.165, 1.54) is 23.1 Å². The summed E-state index contributed by atoms with van der Waals surface area (Å²) in [5, 5.41) is 5.76. The van der Waals surface area contributed by atoms with Crippen LogP contribution in [0.4, 0.5) is 14.5 Å². The van der Waals surface area contributed by atoms with Crippen molar-refractivity contribution in [1.82, 2.24) is 10.2 Å². The predicted octanol–water partition coefficient (Wildman–Crippen LogP) is 4.85. The van der Waals surface area contributed by atoms with E-state index in [4.69, 9.17) is 16.3 Å². The van der Waals surface area contributed by atoms with Crippen LogP contribution in [0.1, 0.15) is 38.7 Å². The molecule has 4 aliphatic rings. The fourth-order valence-corrected chi connectivity index (χ4v) is 7.28. The first kappa shape index (κ1) is 27.8. The third-order valence-corrected chi connectivity index (χ3v) is 9.73. The van der Waals surface area contributed by atoms with Crippen LogP contribution in [0.25, 0.3) is 0 Å². The van der Waals surface area contributed by atoms with Crippen LogP contribution in [-0.2, 0) is 25.7 Å². The van der Waals surface area contributed by atoms with Crippen molar-refractivity contribution in [3.8, 4) is 0 Å². The van der Waals surface area contributed by atoms with Crippen molar-refractivity contribution in [3.63, 3.8) is 0 Å². The molecule has 3 amide bonds. The molecule has 2 saturated heterocycles. The Morgan fingerprint density at radius 3 is 2.63 bits per heavy atom. The summed E-state index contributed by atoms with van der Waals surface area (Å²) in [6.45, 7) is 4.14. The number of likely N-dealkylation sites (tertiary alicyclic amines) is 1. The molecule has 2 aromatic rings. The monoisotopic (exact) mass is 583 g/mol. The number of halogens is 3. The molecule has 0 aromatic heterocycles. The van der Waals surface area contributed by atoms with E-state index in [9.17, 15) is 23.2 Å². The van der Waals surface area contributed by atoms with Crippen molar-refractivity contribution in [1.29, 1.82) is 0 Å². The minimum absolute atomic E-state index is 0.0722. The molecule has 7 nitrogen and oxygen atoms in total. The van der Waals surface area contributed by atoms with E-state index in [1.807, 2.05) is 0 Å². The molecule has 2 bridgehead atoms. The number of hydrogen-bond donors (Lipinski definition) is 2. The lowest BCUT2D eigenvalue weighted by Crippen LogP contribution is -2.57. The average Bonchev–Trinajstić information content (AvgIpc) is 3.58. The third-order valence-electron chi connectivity index (χ3n) is 9.45. The molecular weight excluding hydrogens is 552 g/mol. The Morgan fingerprint density at radius 1 is 1.10 bits per heavy atom. The van der Waals surface area contributed by atoms with Crippen molar-refractivity contribution in [2.75, 3.05) is 5.32 Å². The number of ether oxygens (including phenoxy) is 1. The normalized spacial score (nSPS) is 33.6. The van der Waals surface area contributed by atoms with E-state index in [0.717, 1.165) is 25.3 Å². The van der Waals surface area contributed by atoms with Gasteiger partial charge in [0.15, 0.2) is 0 Å². The second kappa shape index (κ2) is 10.5. The smallest absolute Gasteiger partial charge is 0.246 e. The van der Waals surface area contributed by atoms with Gasteiger partial charge in [0.2, 0.25) is 17.7 Å². The Hall–Kier alpha value is -3.30. The van der Waals surface area contributed by atoms with Crippen molar-refractivity contribution in [2.45, 2.75) is 63.4 Å². The number of benzene rings is 2. The maximum absolute atomic E-state index is 14.8. The first-order valence-electron chi connectivity index (χ1n) is 14.1. The molecule has 8 atom stereocenters. The third kappa shape index (κ3) is 4.63. The first-order chi connectivity index (χ1) is 19.6. The molecule has 216 valence electrons. The van der Waals surface area contributed by atoms with Crippen LogP contribution in [-0.4, -0.2) is 46.4 Å². The van der Waals surface area contributed by atoms with Crippen molar-refractivity contribution in [2.24, 2.45) is 23.7 Å². The number of anilines is 1. The molecule has 3 aliphatic heterocycles. The van der Waals surface area contributed by atoms with Gasteiger partial charge in [0.25, 0.3) is 0 Å². The fraction of sp³-hybridized carbons (Fsp3) is 0.452. The lowest BCUT2D eigenvalue weighted by molar-refractivity contribution is -0.142. The highest BCUT2D eigenvalue weighted by Crippen LogP contribution is 2.55. The van der Waals surface area contributed by atoms with Crippen molar-refractivity contribution < 1.29 is 27.9 Å². The number of nitrogens with one attached hydrogen (secondary N) is 2. The molecule has 2 N–H and O–H groups in total. The SMILES string of the molecule is C[C@H]1[C@H](C)CCC[C@@H]1NC(=O)[C@@H]1N(Cc2ccccc2F)C(=O)[C@H]2[C@@H](C(=O)Nc3ccc(F)c(Cl)c3)[C@H]3C=C[C@@]12O3. The highest BCUT2D eigenvalue weighted by molar-refractivity contribution is 6.31. The Balaban J connectivity index is 1.34. The summed E-state index contributed by atoms with van der Waals surface area (Å²) >= 11 is 5.90. The summed E-state index contributed by atoms with van der Waals surface area (Å²) in [6, 6.07) is 8.75.